The van der Waals surface area contributed by atoms with E-state index in [0.717, 1.165) is 5.56 Å². The van der Waals surface area contributed by atoms with Gasteiger partial charge in [-0.1, -0.05) is 36.4 Å². The van der Waals surface area contributed by atoms with Crippen molar-refractivity contribution in [2.45, 2.75) is 11.5 Å². The van der Waals surface area contributed by atoms with E-state index >= 15 is 0 Å². The molecular weight excluding hydrogens is 398 g/mol. The van der Waals surface area contributed by atoms with Crippen molar-refractivity contribution in [1.29, 1.82) is 0 Å². The Morgan fingerprint density at radius 2 is 1.66 bits per heavy atom. The zero-order valence-corrected chi connectivity index (χ0v) is 16.3. The van der Waals surface area contributed by atoms with Crippen LogP contribution in [0, 0.1) is 0 Å². The number of carbonyl (C=O) groups is 2. The number of nitrogens with two attached hydrogens (primary N) is 1. The van der Waals surface area contributed by atoms with Crippen molar-refractivity contribution in [3.8, 4) is 0 Å². The predicted octanol–water partition coefficient (Wildman–Crippen LogP) is 1.61. The van der Waals surface area contributed by atoms with Gasteiger partial charge in [0, 0.05) is 26.2 Å². The quantitative estimate of drug-likeness (QED) is 0.704. The van der Waals surface area contributed by atoms with E-state index in [1.807, 2.05) is 30.3 Å². The number of amides is 1. The Morgan fingerprint density at radius 1 is 1.00 bits per heavy atom. The Kier molecular flexibility index (Phi) is 6.04. The maximum Gasteiger partial charge on any atom is 0.410 e. The second kappa shape index (κ2) is 8.50. The summed E-state index contributed by atoms with van der Waals surface area (Å²) in [6.07, 6.45) is -0.515. The van der Waals surface area contributed by atoms with Crippen molar-refractivity contribution >= 4 is 27.8 Å². The number of aromatic carboxylic acids is 1. The van der Waals surface area contributed by atoms with Gasteiger partial charge in [-0.05, 0) is 17.7 Å². The summed E-state index contributed by atoms with van der Waals surface area (Å²) in [4.78, 5) is 24.6. The van der Waals surface area contributed by atoms with E-state index in [2.05, 4.69) is 0 Å². The molecule has 0 aromatic heterocycles. The van der Waals surface area contributed by atoms with Crippen LogP contribution < -0.4 is 5.73 Å². The zero-order valence-electron chi connectivity index (χ0n) is 15.5. The lowest BCUT2D eigenvalue weighted by Crippen LogP contribution is -2.50. The fourth-order valence-electron chi connectivity index (χ4n) is 3.02. The molecule has 0 radical (unpaired) electrons. The Bertz CT molecular complexity index is 1000. The van der Waals surface area contributed by atoms with Gasteiger partial charge in [-0.2, -0.15) is 4.31 Å². The van der Waals surface area contributed by atoms with Crippen molar-refractivity contribution in [3.63, 3.8) is 0 Å². The molecule has 3 N–H and O–H groups in total. The van der Waals surface area contributed by atoms with Crippen molar-refractivity contribution in [2.75, 3.05) is 31.9 Å². The van der Waals surface area contributed by atoms with E-state index in [9.17, 15) is 18.0 Å². The average molecular weight is 419 g/mol. The number of anilines is 1. The number of sulfonamides is 1. The number of rotatable bonds is 5. The summed E-state index contributed by atoms with van der Waals surface area (Å²) in [6, 6.07) is 13.1. The van der Waals surface area contributed by atoms with Crippen molar-refractivity contribution in [1.82, 2.24) is 9.21 Å². The number of carbonyl (C=O) groups excluding carboxylic acids is 1. The minimum absolute atomic E-state index is 0.0551. The van der Waals surface area contributed by atoms with E-state index in [1.54, 1.807) is 0 Å². The standard InChI is InChI=1S/C19H21N3O6S/c20-17-15(18(23)24)7-4-8-16(17)29(26,27)22-11-9-21(10-12-22)19(25)28-13-14-5-2-1-3-6-14/h1-8H,9-13,20H2,(H,23,24). The maximum atomic E-state index is 12.9. The molecule has 1 fully saturated rings. The summed E-state index contributed by atoms with van der Waals surface area (Å²) in [5.74, 6) is -1.30. The second-order valence-electron chi connectivity index (χ2n) is 6.45. The van der Waals surface area contributed by atoms with Gasteiger partial charge in [-0.25, -0.2) is 18.0 Å². The molecule has 2 aromatic rings. The van der Waals surface area contributed by atoms with Crippen molar-refractivity contribution in [3.05, 3.63) is 59.7 Å². The molecule has 1 heterocycles. The molecule has 0 spiro atoms. The third-order valence-corrected chi connectivity index (χ3v) is 6.57. The number of ether oxygens (including phenoxy) is 1. The Morgan fingerprint density at radius 3 is 2.28 bits per heavy atom. The topological polar surface area (TPSA) is 130 Å². The lowest BCUT2D eigenvalue weighted by molar-refractivity contribution is 0.0697. The predicted molar refractivity (Wildman–Crippen MR) is 105 cm³/mol. The van der Waals surface area contributed by atoms with Gasteiger partial charge < -0.3 is 20.5 Å². The van der Waals surface area contributed by atoms with Crippen LogP contribution in [0.15, 0.2) is 53.4 Å². The van der Waals surface area contributed by atoms with Gasteiger partial charge in [0.1, 0.15) is 11.5 Å². The molecule has 1 saturated heterocycles. The first kappa shape index (κ1) is 20.6. The molecule has 0 bridgehead atoms. The minimum atomic E-state index is -3.99. The van der Waals surface area contributed by atoms with Crippen LogP contribution in [0.25, 0.3) is 0 Å². The SMILES string of the molecule is Nc1c(C(=O)O)cccc1S(=O)(=O)N1CCN(C(=O)OCc2ccccc2)CC1. The number of hydrogen-bond acceptors (Lipinski definition) is 6. The van der Waals surface area contributed by atoms with Crippen LogP contribution in [0.3, 0.4) is 0 Å². The van der Waals surface area contributed by atoms with E-state index in [4.69, 9.17) is 15.6 Å². The maximum absolute atomic E-state index is 12.9. The molecule has 0 atom stereocenters. The highest BCUT2D eigenvalue weighted by molar-refractivity contribution is 7.89. The number of nitrogen functional groups attached to an aromatic ring is 1. The average Bonchev–Trinajstić information content (AvgIpc) is 2.72. The number of carboxylic acid groups (broad SMARTS) is 1. The van der Waals surface area contributed by atoms with Gasteiger partial charge in [0.25, 0.3) is 0 Å². The highest BCUT2D eigenvalue weighted by Crippen LogP contribution is 2.26. The number of carboxylic acids is 1. The summed E-state index contributed by atoms with van der Waals surface area (Å²) in [7, 11) is -3.99. The molecular formula is C19H21N3O6S. The highest BCUT2D eigenvalue weighted by atomic mass is 32.2. The summed E-state index contributed by atoms with van der Waals surface area (Å²) in [6.45, 7) is 0.562. The summed E-state index contributed by atoms with van der Waals surface area (Å²) in [5, 5.41) is 9.15. The molecule has 9 nitrogen and oxygen atoms in total. The normalized spacial score (nSPS) is 15.1. The van der Waals surface area contributed by atoms with E-state index in [0.29, 0.717) is 0 Å². The van der Waals surface area contributed by atoms with Gasteiger partial charge in [0.05, 0.1) is 11.3 Å². The van der Waals surface area contributed by atoms with E-state index in [-0.39, 0.29) is 48.9 Å². The van der Waals surface area contributed by atoms with Crippen LogP contribution in [0.1, 0.15) is 15.9 Å². The van der Waals surface area contributed by atoms with Crippen LogP contribution in [0.2, 0.25) is 0 Å². The number of piperazine rings is 1. The van der Waals surface area contributed by atoms with Crippen LogP contribution in [0.5, 0.6) is 0 Å². The molecule has 1 amide bonds. The highest BCUT2D eigenvalue weighted by Gasteiger charge is 2.32. The fourth-order valence-corrected chi connectivity index (χ4v) is 4.58. The van der Waals surface area contributed by atoms with Gasteiger partial charge in [-0.3, -0.25) is 0 Å². The Balaban J connectivity index is 1.63. The monoisotopic (exact) mass is 419 g/mol. The van der Waals surface area contributed by atoms with Crippen LogP contribution in [-0.4, -0.2) is 61.0 Å². The van der Waals surface area contributed by atoms with Gasteiger partial charge in [0.2, 0.25) is 10.0 Å². The molecule has 154 valence electrons. The smallest absolute Gasteiger partial charge is 0.410 e. The van der Waals surface area contributed by atoms with Gasteiger partial charge >= 0.3 is 12.1 Å². The molecule has 0 unspecified atom stereocenters. The van der Waals surface area contributed by atoms with Gasteiger partial charge in [0.15, 0.2) is 0 Å². The number of nitrogens with zero attached hydrogens (tertiary/aromatic N) is 2. The summed E-state index contributed by atoms with van der Waals surface area (Å²) >= 11 is 0. The minimum Gasteiger partial charge on any atom is -0.478 e. The lowest BCUT2D eigenvalue weighted by Gasteiger charge is -2.33. The van der Waals surface area contributed by atoms with Crippen LogP contribution >= 0.6 is 0 Å². The van der Waals surface area contributed by atoms with E-state index in [1.165, 1.54) is 27.4 Å². The second-order valence-corrected chi connectivity index (χ2v) is 8.36. The Hall–Kier alpha value is -3.11. The molecule has 2 aromatic carbocycles. The first-order chi connectivity index (χ1) is 13.8. The molecule has 0 aliphatic carbocycles. The van der Waals surface area contributed by atoms with Crippen LogP contribution in [0.4, 0.5) is 10.5 Å². The molecule has 29 heavy (non-hydrogen) atoms. The van der Waals surface area contributed by atoms with Crippen LogP contribution in [-0.2, 0) is 21.4 Å². The molecule has 3 rings (SSSR count). The summed E-state index contributed by atoms with van der Waals surface area (Å²) in [5.41, 5.74) is 6.06. The largest absolute Gasteiger partial charge is 0.478 e. The summed E-state index contributed by atoms with van der Waals surface area (Å²) < 4.78 is 32.2. The number of benzene rings is 2. The first-order valence-electron chi connectivity index (χ1n) is 8.88. The van der Waals surface area contributed by atoms with Gasteiger partial charge in [-0.15, -0.1) is 0 Å². The molecule has 1 aliphatic rings. The Labute approximate surface area is 168 Å². The number of hydrogen-bond donors (Lipinski definition) is 2. The first-order valence-corrected chi connectivity index (χ1v) is 10.3. The number of para-hydroxylation sites is 1. The fraction of sp³-hybridized carbons (Fsp3) is 0.263. The molecule has 1 aliphatic heterocycles. The third-order valence-electron chi connectivity index (χ3n) is 4.62. The van der Waals surface area contributed by atoms with Crippen molar-refractivity contribution < 1.29 is 27.9 Å². The third kappa shape index (κ3) is 4.49. The molecule has 10 heteroatoms. The lowest BCUT2D eigenvalue weighted by atomic mass is 10.2. The molecule has 0 saturated carbocycles. The zero-order chi connectivity index (χ0) is 21.0. The van der Waals surface area contributed by atoms with E-state index < -0.39 is 22.1 Å². The van der Waals surface area contributed by atoms with Crippen molar-refractivity contribution in [2.24, 2.45) is 0 Å².